The van der Waals surface area contributed by atoms with Crippen LogP contribution >= 0.6 is 0 Å². The highest BCUT2D eigenvalue weighted by Crippen LogP contribution is 2.37. The summed E-state index contributed by atoms with van der Waals surface area (Å²) >= 11 is 0. The highest BCUT2D eigenvalue weighted by molar-refractivity contribution is 5.79. The van der Waals surface area contributed by atoms with E-state index in [-0.39, 0.29) is 36.2 Å². The molecule has 1 heterocycles. The van der Waals surface area contributed by atoms with Crippen LogP contribution in [0.2, 0.25) is 0 Å². The summed E-state index contributed by atoms with van der Waals surface area (Å²) in [5.41, 5.74) is 1.57. The molecule has 1 aliphatic rings. The van der Waals surface area contributed by atoms with Crippen molar-refractivity contribution < 1.29 is 14.3 Å². The number of aromatic nitrogens is 2. The van der Waals surface area contributed by atoms with Gasteiger partial charge in [-0.15, -0.1) is 0 Å². The van der Waals surface area contributed by atoms with E-state index in [4.69, 9.17) is 0 Å². The average molecular weight is 317 g/mol. The Labute approximate surface area is 134 Å². The lowest BCUT2D eigenvalue weighted by atomic mass is 9.75. The summed E-state index contributed by atoms with van der Waals surface area (Å²) in [5, 5.41) is 16.7. The van der Waals surface area contributed by atoms with Gasteiger partial charge in [0.15, 0.2) is 0 Å². The molecule has 6 heteroatoms. The Balaban J connectivity index is 1.69. The maximum absolute atomic E-state index is 13.2. The van der Waals surface area contributed by atoms with E-state index in [1.165, 1.54) is 12.1 Å². The van der Waals surface area contributed by atoms with Crippen molar-refractivity contribution in [1.82, 2.24) is 15.1 Å². The van der Waals surface area contributed by atoms with Crippen LogP contribution in [0.4, 0.5) is 4.39 Å². The molecule has 1 amide bonds. The maximum Gasteiger partial charge on any atom is 0.224 e. The Morgan fingerprint density at radius 1 is 1.52 bits per heavy atom. The van der Waals surface area contributed by atoms with Crippen molar-refractivity contribution >= 4 is 5.91 Å². The van der Waals surface area contributed by atoms with Crippen molar-refractivity contribution in [1.29, 1.82) is 0 Å². The minimum Gasteiger partial charge on any atom is -0.393 e. The van der Waals surface area contributed by atoms with E-state index in [1.54, 1.807) is 23.0 Å². The van der Waals surface area contributed by atoms with Gasteiger partial charge < -0.3 is 10.4 Å². The largest absolute Gasteiger partial charge is 0.393 e. The first kappa shape index (κ1) is 15.7. The summed E-state index contributed by atoms with van der Waals surface area (Å²) in [6, 6.07) is 5.88. The van der Waals surface area contributed by atoms with Crippen molar-refractivity contribution in [3.63, 3.8) is 0 Å². The van der Waals surface area contributed by atoms with Gasteiger partial charge in [0.2, 0.25) is 5.91 Å². The number of carbonyl (C=O) groups excluding carboxylic acids is 1. The van der Waals surface area contributed by atoms with Crippen LogP contribution in [0.3, 0.4) is 0 Å². The number of hydrogen-bond donors (Lipinski definition) is 2. The van der Waals surface area contributed by atoms with Gasteiger partial charge in [-0.25, -0.2) is 4.39 Å². The van der Waals surface area contributed by atoms with E-state index < -0.39 is 0 Å². The molecule has 0 aliphatic heterocycles. The zero-order valence-corrected chi connectivity index (χ0v) is 12.9. The number of aryl methyl sites for hydroxylation is 1. The first-order chi connectivity index (χ1) is 11.0. The zero-order valence-electron chi connectivity index (χ0n) is 12.9. The summed E-state index contributed by atoms with van der Waals surface area (Å²) in [4.78, 5) is 12.3. The monoisotopic (exact) mass is 317 g/mol. The number of aliphatic hydroxyl groups excluding tert-OH is 1. The maximum atomic E-state index is 13.2. The van der Waals surface area contributed by atoms with Crippen LogP contribution in [0.1, 0.15) is 30.0 Å². The molecule has 23 heavy (non-hydrogen) atoms. The van der Waals surface area contributed by atoms with Crippen molar-refractivity contribution in [3.8, 4) is 0 Å². The van der Waals surface area contributed by atoms with Gasteiger partial charge in [-0.2, -0.15) is 5.10 Å². The smallest absolute Gasteiger partial charge is 0.224 e. The summed E-state index contributed by atoms with van der Waals surface area (Å²) in [6.07, 6.45) is 4.78. The summed E-state index contributed by atoms with van der Waals surface area (Å²) in [5.74, 6) is -0.308. The predicted octanol–water partition coefficient (Wildman–Crippen LogP) is 1.73. The van der Waals surface area contributed by atoms with Crippen LogP contribution < -0.4 is 5.32 Å². The molecule has 5 nitrogen and oxygen atoms in total. The van der Waals surface area contributed by atoms with Gasteiger partial charge in [0.25, 0.3) is 0 Å². The third-order valence-electron chi connectivity index (χ3n) is 4.28. The minimum absolute atomic E-state index is 0.129. The van der Waals surface area contributed by atoms with Crippen molar-refractivity contribution in [3.05, 3.63) is 53.6 Å². The molecule has 3 rings (SSSR count). The van der Waals surface area contributed by atoms with Crippen LogP contribution in [0.15, 0.2) is 36.7 Å². The van der Waals surface area contributed by atoms with Crippen molar-refractivity contribution in [2.45, 2.75) is 31.4 Å². The first-order valence-electron chi connectivity index (χ1n) is 7.71. The molecule has 122 valence electrons. The molecule has 1 aromatic heterocycles. The Morgan fingerprint density at radius 3 is 2.91 bits per heavy atom. The Hall–Kier alpha value is -2.21. The molecule has 0 radical (unpaired) electrons. The fourth-order valence-corrected chi connectivity index (χ4v) is 3.03. The lowest BCUT2D eigenvalue weighted by Crippen LogP contribution is -2.41. The second-order valence-corrected chi connectivity index (χ2v) is 6.18. The van der Waals surface area contributed by atoms with Gasteiger partial charge in [0, 0.05) is 18.8 Å². The summed E-state index contributed by atoms with van der Waals surface area (Å²) < 4.78 is 14.9. The van der Waals surface area contributed by atoms with Crippen molar-refractivity contribution in [2.75, 3.05) is 0 Å². The standard InChI is InChI=1S/C17H20FN3O2/c1-21-10-13(9-19-21)17(12-7-15(22)8-12)20-16(23)6-11-3-2-4-14(18)5-11/h2-5,9-10,12,15,17,22H,6-8H2,1H3,(H,20,23). The van der Waals surface area contributed by atoms with Crippen molar-refractivity contribution in [2.24, 2.45) is 13.0 Å². The van der Waals surface area contributed by atoms with E-state index in [9.17, 15) is 14.3 Å². The minimum atomic E-state index is -0.346. The predicted molar refractivity (Wildman–Crippen MR) is 82.9 cm³/mol. The van der Waals surface area contributed by atoms with E-state index in [1.807, 2.05) is 13.2 Å². The molecule has 1 atom stereocenters. The number of aliphatic hydroxyl groups is 1. The quantitative estimate of drug-likeness (QED) is 0.882. The fourth-order valence-electron chi connectivity index (χ4n) is 3.03. The molecule has 0 bridgehead atoms. The van der Waals surface area contributed by atoms with Crippen LogP contribution in [0.25, 0.3) is 0 Å². The van der Waals surface area contributed by atoms with Gasteiger partial charge in [-0.05, 0) is 36.5 Å². The zero-order chi connectivity index (χ0) is 16.4. The molecule has 1 saturated carbocycles. The molecular formula is C17H20FN3O2. The molecule has 2 aromatic rings. The molecular weight excluding hydrogens is 297 g/mol. The second-order valence-electron chi connectivity index (χ2n) is 6.18. The van der Waals surface area contributed by atoms with E-state index >= 15 is 0 Å². The topological polar surface area (TPSA) is 67.2 Å². The van der Waals surface area contributed by atoms with Crippen LogP contribution in [0, 0.1) is 11.7 Å². The molecule has 1 aliphatic carbocycles. The van der Waals surface area contributed by atoms with Gasteiger partial charge in [0.05, 0.1) is 24.8 Å². The first-order valence-corrected chi connectivity index (χ1v) is 7.71. The molecule has 2 N–H and O–H groups in total. The third kappa shape index (κ3) is 3.76. The Bertz CT molecular complexity index is 695. The van der Waals surface area contributed by atoms with Crippen LogP contribution in [-0.4, -0.2) is 26.9 Å². The fraction of sp³-hybridized carbons (Fsp3) is 0.412. The highest BCUT2D eigenvalue weighted by atomic mass is 19.1. The Morgan fingerprint density at radius 2 is 2.30 bits per heavy atom. The molecule has 1 aromatic carbocycles. The van der Waals surface area contributed by atoms with E-state index in [0.29, 0.717) is 18.4 Å². The van der Waals surface area contributed by atoms with Crippen LogP contribution in [-0.2, 0) is 18.3 Å². The Kier molecular flexibility index (Phi) is 4.43. The average Bonchev–Trinajstić information content (AvgIpc) is 2.88. The van der Waals surface area contributed by atoms with E-state index in [2.05, 4.69) is 10.4 Å². The van der Waals surface area contributed by atoms with E-state index in [0.717, 1.165) is 5.56 Å². The number of carbonyl (C=O) groups is 1. The lowest BCUT2D eigenvalue weighted by Gasteiger charge is -2.37. The van der Waals surface area contributed by atoms with Gasteiger partial charge >= 0.3 is 0 Å². The normalized spacial score (nSPS) is 21.5. The number of nitrogens with zero attached hydrogens (tertiary/aromatic N) is 2. The van der Waals surface area contributed by atoms with Gasteiger partial charge in [-0.3, -0.25) is 9.48 Å². The van der Waals surface area contributed by atoms with Crippen LogP contribution in [0.5, 0.6) is 0 Å². The van der Waals surface area contributed by atoms with Gasteiger partial charge in [-0.1, -0.05) is 12.1 Å². The number of rotatable bonds is 5. The molecule has 1 unspecified atom stereocenters. The highest BCUT2D eigenvalue weighted by Gasteiger charge is 2.36. The number of amides is 1. The number of halogens is 1. The lowest BCUT2D eigenvalue weighted by molar-refractivity contribution is -0.122. The third-order valence-corrected chi connectivity index (χ3v) is 4.28. The summed E-state index contributed by atoms with van der Waals surface area (Å²) in [6.45, 7) is 0. The second kappa shape index (κ2) is 6.50. The summed E-state index contributed by atoms with van der Waals surface area (Å²) in [7, 11) is 1.82. The molecule has 0 saturated heterocycles. The molecule has 0 spiro atoms. The number of nitrogens with one attached hydrogen (secondary N) is 1. The molecule has 1 fully saturated rings. The number of benzene rings is 1. The SMILES string of the molecule is Cn1cc(C(NC(=O)Cc2cccc(F)c2)C2CC(O)C2)cn1. The van der Waals surface area contributed by atoms with Gasteiger partial charge in [0.1, 0.15) is 5.82 Å². The number of hydrogen-bond acceptors (Lipinski definition) is 3.